The zero-order valence-corrected chi connectivity index (χ0v) is 9.02. The number of rotatable bonds is 1. The van der Waals surface area contributed by atoms with Crippen LogP contribution in [-0.2, 0) is 0 Å². The lowest BCUT2D eigenvalue weighted by Gasteiger charge is -1.98. The van der Waals surface area contributed by atoms with Crippen molar-refractivity contribution in [2.45, 2.75) is 0 Å². The highest BCUT2D eigenvalue weighted by Crippen LogP contribution is 2.16. The number of H-pyrrole nitrogens is 1. The Bertz CT molecular complexity index is 831. The highest BCUT2D eigenvalue weighted by atomic mass is 15.5. The predicted octanol–water partition coefficient (Wildman–Crippen LogP) is 0.482. The SMILES string of the molecule is c1ccc2nc3c(ncn3-c3nn[nH]n3)nc2c1. The van der Waals surface area contributed by atoms with E-state index in [1.807, 2.05) is 24.3 Å². The minimum absolute atomic E-state index is 0.391. The van der Waals surface area contributed by atoms with Crippen molar-refractivity contribution in [1.82, 2.24) is 40.1 Å². The van der Waals surface area contributed by atoms with Gasteiger partial charge in [0.15, 0.2) is 11.3 Å². The lowest BCUT2D eigenvalue weighted by molar-refractivity contribution is 0.881. The van der Waals surface area contributed by atoms with E-state index in [1.165, 1.54) is 0 Å². The van der Waals surface area contributed by atoms with E-state index in [-0.39, 0.29) is 0 Å². The van der Waals surface area contributed by atoms with Crippen molar-refractivity contribution in [3.05, 3.63) is 30.6 Å². The Kier molecular flexibility index (Phi) is 1.68. The molecule has 0 bridgehead atoms. The van der Waals surface area contributed by atoms with E-state index >= 15 is 0 Å². The highest BCUT2D eigenvalue weighted by molar-refractivity contribution is 5.83. The fourth-order valence-corrected chi connectivity index (χ4v) is 1.80. The summed E-state index contributed by atoms with van der Waals surface area (Å²) in [6.07, 6.45) is 1.58. The third kappa shape index (κ3) is 1.19. The number of aromatic amines is 1. The molecular weight excluding hydrogens is 232 g/mol. The lowest BCUT2D eigenvalue weighted by atomic mass is 10.3. The van der Waals surface area contributed by atoms with Gasteiger partial charge < -0.3 is 0 Å². The van der Waals surface area contributed by atoms with Gasteiger partial charge in [0.05, 0.1) is 11.0 Å². The van der Waals surface area contributed by atoms with E-state index in [0.29, 0.717) is 17.2 Å². The van der Waals surface area contributed by atoms with Crippen molar-refractivity contribution >= 4 is 22.3 Å². The Balaban J connectivity index is 2.09. The van der Waals surface area contributed by atoms with Gasteiger partial charge in [0.1, 0.15) is 6.33 Å². The van der Waals surface area contributed by atoms with Gasteiger partial charge in [0.25, 0.3) is 5.95 Å². The molecule has 0 aliphatic rings. The number of nitrogens with one attached hydrogen (secondary N) is 1. The first kappa shape index (κ1) is 9.16. The zero-order chi connectivity index (χ0) is 11.9. The fourth-order valence-electron chi connectivity index (χ4n) is 1.80. The molecule has 0 radical (unpaired) electrons. The van der Waals surface area contributed by atoms with E-state index in [1.54, 1.807) is 10.9 Å². The third-order valence-electron chi connectivity index (χ3n) is 2.61. The molecule has 18 heavy (non-hydrogen) atoms. The van der Waals surface area contributed by atoms with Gasteiger partial charge in [-0.1, -0.05) is 17.2 Å². The first-order valence-electron chi connectivity index (χ1n) is 5.25. The minimum Gasteiger partial charge on any atom is -0.247 e. The molecule has 0 atom stereocenters. The van der Waals surface area contributed by atoms with Crippen LogP contribution in [0.2, 0.25) is 0 Å². The van der Waals surface area contributed by atoms with Crippen molar-refractivity contribution in [3.63, 3.8) is 0 Å². The molecule has 3 heterocycles. The van der Waals surface area contributed by atoms with E-state index in [2.05, 4.69) is 35.6 Å². The number of benzene rings is 1. The molecule has 86 valence electrons. The summed E-state index contributed by atoms with van der Waals surface area (Å²) >= 11 is 0. The second kappa shape index (κ2) is 3.29. The second-order valence-electron chi connectivity index (χ2n) is 3.69. The van der Waals surface area contributed by atoms with Crippen LogP contribution >= 0.6 is 0 Å². The Labute approximate surface area is 99.7 Å². The maximum absolute atomic E-state index is 4.51. The van der Waals surface area contributed by atoms with E-state index in [9.17, 15) is 0 Å². The van der Waals surface area contributed by atoms with Gasteiger partial charge in [0, 0.05) is 0 Å². The van der Waals surface area contributed by atoms with Gasteiger partial charge in [-0.2, -0.15) is 5.21 Å². The zero-order valence-electron chi connectivity index (χ0n) is 9.02. The van der Waals surface area contributed by atoms with Gasteiger partial charge in [-0.25, -0.2) is 19.5 Å². The van der Waals surface area contributed by atoms with Gasteiger partial charge in [-0.3, -0.25) is 0 Å². The molecule has 0 aliphatic carbocycles. The first-order chi connectivity index (χ1) is 8.92. The van der Waals surface area contributed by atoms with E-state index in [0.717, 1.165) is 11.0 Å². The molecule has 0 unspecified atom stereocenters. The summed E-state index contributed by atoms with van der Waals surface area (Å²) in [7, 11) is 0. The molecule has 8 heteroatoms. The Morgan fingerprint density at radius 1 is 1.06 bits per heavy atom. The Hall–Kier alpha value is -2.90. The molecule has 0 saturated carbocycles. The van der Waals surface area contributed by atoms with E-state index in [4.69, 9.17) is 0 Å². The van der Waals surface area contributed by atoms with Crippen LogP contribution in [0.15, 0.2) is 30.6 Å². The van der Waals surface area contributed by atoms with Crippen molar-refractivity contribution < 1.29 is 0 Å². The molecule has 3 aromatic heterocycles. The predicted molar refractivity (Wildman–Crippen MR) is 61.9 cm³/mol. The molecule has 8 nitrogen and oxygen atoms in total. The average molecular weight is 238 g/mol. The lowest BCUT2D eigenvalue weighted by Crippen LogP contribution is -1.97. The van der Waals surface area contributed by atoms with Crippen LogP contribution in [0.5, 0.6) is 0 Å². The van der Waals surface area contributed by atoms with Gasteiger partial charge >= 0.3 is 0 Å². The van der Waals surface area contributed by atoms with Gasteiger partial charge in [0.2, 0.25) is 0 Å². The number of tetrazole rings is 1. The van der Waals surface area contributed by atoms with Crippen LogP contribution in [0.25, 0.3) is 28.3 Å². The number of fused-ring (bicyclic) bond motifs is 2. The standard InChI is InChI=1S/C10H6N8/c1-2-4-7-6(3-1)12-8-9(13-7)18(5-11-8)10-14-16-17-15-10/h1-5H,(H,14,15,16,17). The molecule has 4 aromatic rings. The molecule has 1 aromatic carbocycles. The van der Waals surface area contributed by atoms with Crippen LogP contribution in [0.3, 0.4) is 0 Å². The largest absolute Gasteiger partial charge is 0.276 e. The van der Waals surface area contributed by atoms with Crippen molar-refractivity contribution in [2.24, 2.45) is 0 Å². The van der Waals surface area contributed by atoms with Crippen LogP contribution in [0.4, 0.5) is 0 Å². The number of hydrogen-bond acceptors (Lipinski definition) is 6. The summed E-state index contributed by atoms with van der Waals surface area (Å²) in [4.78, 5) is 13.1. The molecule has 0 spiro atoms. The quantitative estimate of drug-likeness (QED) is 0.518. The smallest absolute Gasteiger partial charge is 0.247 e. The molecule has 0 fully saturated rings. The number of aromatic nitrogens is 8. The van der Waals surface area contributed by atoms with E-state index < -0.39 is 0 Å². The number of para-hydroxylation sites is 2. The summed E-state index contributed by atoms with van der Waals surface area (Å²) in [6.45, 7) is 0. The molecule has 0 saturated heterocycles. The summed E-state index contributed by atoms with van der Waals surface area (Å²) in [5.41, 5.74) is 2.77. The number of hydrogen-bond donors (Lipinski definition) is 1. The van der Waals surface area contributed by atoms with Crippen molar-refractivity contribution in [2.75, 3.05) is 0 Å². The topological polar surface area (TPSA) is 98.1 Å². The Morgan fingerprint density at radius 2 is 1.89 bits per heavy atom. The number of nitrogens with zero attached hydrogens (tertiary/aromatic N) is 7. The first-order valence-corrected chi connectivity index (χ1v) is 5.25. The maximum Gasteiger partial charge on any atom is 0.276 e. The van der Waals surface area contributed by atoms with Crippen molar-refractivity contribution in [3.8, 4) is 5.95 Å². The highest BCUT2D eigenvalue weighted by Gasteiger charge is 2.11. The number of imidazole rings is 1. The van der Waals surface area contributed by atoms with Crippen LogP contribution in [0.1, 0.15) is 0 Å². The van der Waals surface area contributed by atoms with Crippen LogP contribution in [0, 0.1) is 0 Å². The average Bonchev–Trinajstić information content (AvgIpc) is 3.04. The summed E-state index contributed by atoms with van der Waals surface area (Å²) < 4.78 is 1.64. The monoisotopic (exact) mass is 238 g/mol. The maximum atomic E-state index is 4.51. The normalized spacial score (nSPS) is 11.3. The van der Waals surface area contributed by atoms with Crippen LogP contribution in [-0.4, -0.2) is 40.1 Å². The summed E-state index contributed by atoms with van der Waals surface area (Å²) in [5, 5.41) is 13.7. The molecule has 0 amide bonds. The minimum atomic E-state index is 0.391. The summed E-state index contributed by atoms with van der Waals surface area (Å²) in [5.74, 6) is 0.391. The van der Waals surface area contributed by atoms with Gasteiger partial charge in [-0.15, -0.1) is 5.10 Å². The fraction of sp³-hybridized carbons (Fsp3) is 0. The molecule has 1 N–H and O–H groups in total. The second-order valence-corrected chi connectivity index (χ2v) is 3.69. The van der Waals surface area contributed by atoms with Gasteiger partial charge in [-0.05, 0) is 17.3 Å². The van der Waals surface area contributed by atoms with Crippen molar-refractivity contribution in [1.29, 1.82) is 0 Å². The summed E-state index contributed by atoms with van der Waals surface area (Å²) in [6, 6.07) is 7.63. The molecule has 4 rings (SSSR count). The molecule has 0 aliphatic heterocycles. The van der Waals surface area contributed by atoms with Crippen LogP contribution < -0.4 is 0 Å². The third-order valence-corrected chi connectivity index (χ3v) is 2.61. The molecular formula is C10H6N8. The Morgan fingerprint density at radius 3 is 2.67 bits per heavy atom.